The second kappa shape index (κ2) is 9.43. The highest BCUT2D eigenvalue weighted by Crippen LogP contribution is 2.29. The number of carbonyl (C=O) groups is 2. The molecule has 2 amide bonds. The average Bonchev–Trinajstić information content (AvgIpc) is 3.40. The van der Waals surface area contributed by atoms with Crippen LogP contribution in [-0.4, -0.2) is 46.0 Å². The van der Waals surface area contributed by atoms with E-state index in [1.165, 1.54) is 36.6 Å². The van der Waals surface area contributed by atoms with Crippen LogP contribution in [0.25, 0.3) is 0 Å². The van der Waals surface area contributed by atoms with E-state index in [4.69, 9.17) is 20.8 Å². The van der Waals surface area contributed by atoms with Gasteiger partial charge in [-0.2, -0.15) is 0 Å². The molecule has 0 spiro atoms. The summed E-state index contributed by atoms with van der Waals surface area (Å²) >= 11 is 5.83. The molecule has 1 aliphatic heterocycles. The van der Waals surface area contributed by atoms with Crippen LogP contribution in [0.2, 0.25) is 5.02 Å². The maximum Gasteiger partial charge on any atom is 0.309 e. The Morgan fingerprint density at radius 3 is 2.48 bits per heavy atom. The number of halogens is 1. The largest absolute Gasteiger partial charge is 0.468 e. The Labute approximate surface area is 173 Å². The minimum atomic E-state index is -3.91. The summed E-state index contributed by atoms with van der Waals surface area (Å²) in [4.78, 5) is 24.1. The first kappa shape index (κ1) is 21.4. The number of rotatable bonds is 7. The minimum absolute atomic E-state index is 0.0281. The molecular weight excluding hydrogens is 420 g/mol. The van der Waals surface area contributed by atoms with Crippen molar-refractivity contribution >= 4 is 33.3 Å². The van der Waals surface area contributed by atoms with Crippen molar-refractivity contribution in [3.8, 4) is 0 Å². The van der Waals surface area contributed by atoms with Crippen molar-refractivity contribution in [3.05, 3.63) is 53.4 Å². The summed E-state index contributed by atoms with van der Waals surface area (Å²) in [5, 5.41) is 4.07. The van der Waals surface area contributed by atoms with E-state index < -0.39 is 26.9 Å². The van der Waals surface area contributed by atoms with E-state index in [9.17, 15) is 18.0 Å². The van der Waals surface area contributed by atoms with Gasteiger partial charge in [0.15, 0.2) is 9.84 Å². The van der Waals surface area contributed by atoms with Gasteiger partial charge in [0.2, 0.25) is 0 Å². The second-order valence-electron chi connectivity index (χ2n) is 6.56. The van der Waals surface area contributed by atoms with E-state index >= 15 is 0 Å². The Balaban J connectivity index is 1.67. The van der Waals surface area contributed by atoms with Crippen molar-refractivity contribution in [1.29, 1.82) is 0 Å². The Kier molecular flexibility index (Phi) is 6.94. The van der Waals surface area contributed by atoms with E-state index in [0.29, 0.717) is 11.6 Å². The lowest BCUT2D eigenvalue weighted by Crippen LogP contribution is -2.44. The van der Waals surface area contributed by atoms with Crippen LogP contribution < -0.4 is 10.6 Å². The standard InChI is InChI=1S/C19H21ClN2O6S/c20-13-5-7-15(8-6-13)29(25,26)17(16-4-2-10-28-16)12-22-19(24)18(23)21-11-14-3-1-9-27-14/h2,4-8,10,14,17H,1,3,9,11-12H2,(H,21,23)(H,22,24)/t14-,17-/m1/s1. The molecule has 0 aliphatic carbocycles. The monoisotopic (exact) mass is 440 g/mol. The first-order chi connectivity index (χ1) is 13.9. The zero-order chi connectivity index (χ0) is 20.9. The second-order valence-corrected chi connectivity index (χ2v) is 9.12. The van der Waals surface area contributed by atoms with Gasteiger partial charge in [0.05, 0.1) is 17.3 Å². The van der Waals surface area contributed by atoms with Gasteiger partial charge in [-0.15, -0.1) is 0 Å². The first-order valence-corrected chi connectivity index (χ1v) is 11.0. The van der Waals surface area contributed by atoms with E-state index in [1.807, 2.05) is 0 Å². The molecular formula is C19H21ClN2O6S. The molecule has 1 saturated heterocycles. The van der Waals surface area contributed by atoms with Crippen molar-refractivity contribution in [2.75, 3.05) is 19.7 Å². The van der Waals surface area contributed by atoms with Gasteiger partial charge in [0.1, 0.15) is 11.0 Å². The highest BCUT2D eigenvalue weighted by molar-refractivity contribution is 7.91. The summed E-state index contributed by atoms with van der Waals surface area (Å²) in [6, 6.07) is 8.74. The van der Waals surface area contributed by atoms with E-state index in [0.717, 1.165) is 12.8 Å². The fraction of sp³-hybridized carbons (Fsp3) is 0.368. The molecule has 10 heteroatoms. The summed E-state index contributed by atoms with van der Waals surface area (Å²) in [6.45, 7) is 0.543. The number of ether oxygens (including phenoxy) is 1. The molecule has 2 heterocycles. The Hall–Kier alpha value is -2.36. The number of benzene rings is 1. The molecule has 29 heavy (non-hydrogen) atoms. The highest BCUT2D eigenvalue weighted by atomic mass is 35.5. The summed E-state index contributed by atoms with van der Waals surface area (Å²) in [5.41, 5.74) is 0. The molecule has 0 radical (unpaired) electrons. The third kappa shape index (κ3) is 5.37. The Morgan fingerprint density at radius 1 is 1.14 bits per heavy atom. The number of hydrogen-bond donors (Lipinski definition) is 2. The fourth-order valence-electron chi connectivity index (χ4n) is 2.98. The summed E-state index contributed by atoms with van der Waals surface area (Å²) < 4.78 is 36.8. The summed E-state index contributed by atoms with van der Waals surface area (Å²) in [7, 11) is -3.91. The molecule has 1 aromatic heterocycles. The number of carbonyl (C=O) groups excluding carboxylic acids is 2. The third-order valence-corrected chi connectivity index (χ3v) is 6.88. The summed E-state index contributed by atoms with van der Waals surface area (Å²) in [6.07, 6.45) is 2.98. The number of nitrogens with one attached hydrogen (secondary N) is 2. The molecule has 1 fully saturated rings. The smallest absolute Gasteiger partial charge is 0.309 e. The Morgan fingerprint density at radius 2 is 1.86 bits per heavy atom. The molecule has 0 unspecified atom stereocenters. The van der Waals surface area contributed by atoms with Crippen molar-refractivity contribution in [3.63, 3.8) is 0 Å². The lowest BCUT2D eigenvalue weighted by Gasteiger charge is -2.17. The molecule has 2 atom stereocenters. The fourth-order valence-corrected chi connectivity index (χ4v) is 4.70. The van der Waals surface area contributed by atoms with Gasteiger partial charge in [-0.1, -0.05) is 11.6 Å². The van der Waals surface area contributed by atoms with E-state index in [-0.39, 0.29) is 29.8 Å². The molecule has 8 nitrogen and oxygen atoms in total. The maximum absolute atomic E-state index is 13.1. The molecule has 3 rings (SSSR count). The molecule has 0 saturated carbocycles. The van der Waals surface area contributed by atoms with E-state index in [2.05, 4.69) is 10.6 Å². The van der Waals surface area contributed by atoms with Gasteiger partial charge in [-0.05, 0) is 49.2 Å². The predicted molar refractivity (Wildman–Crippen MR) is 105 cm³/mol. The lowest BCUT2D eigenvalue weighted by atomic mass is 10.2. The van der Waals surface area contributed by atoms with Gasteiger partial charge < -0.3 is 19.8 Å². The molecule has 2 aromatic rings. The zero-order valence-corrected chi connectivity index (χ0v) is 17.0. The van der Waals surface area contributed by atoms with Crippen molar-refractivity contribution in [2.24, 2.45) is 0 Å². The number of hydrogen-bond acceptors (Lipinski definition) is 6. The summed E-state index contributed by atoms with van der Waals surface area (Å²) in [5.74, 6) is -1.62. The van der Waals surface area contributed by atoms with Gasteiger partial charge in [0.25, 0.3) is 0 Å². The topological polar surface area (TPSA) is 115 Å². The molecule has 156 valence electrons. The van der Waals surface area contributed by atoms with Crippen molar-refractivity contribution in [2.45, 2.75) is 29.1 Å². The van der Waals surface area contributed by atoms with Crippen LogP contribution in [0.4, 0.5) is 0 Å². The van der Waals surface area contributed by atoms with Gasteiger partial charge in [-0.25, -0.2) is 8.42 Å². The average molecular weight is 441 g/mol. The predicted octanol–water partition coefficient (Wildman–Crippen LogP) is 1.86. The number of furan rings is 1. The van der Waals surface area contributed by atoms with Crippen LogP contribution in [0, 0.1) is 0 Å². The SMILES string of the molecule is O=C(NC[C@H]1CCCO1)C(=O)NC[C@H](c1ccco1)S(=O)(=O)c1ccc(Cl)cc1. The quantitative estimate of drug-likeness (QED) is 0.635. The first-order valence-electron chi connectivity index (χ1n) is 9.08. The third-order valence-electron chi connectivity index (χ3n) is 4.55. The van der Waals surface area contributed by atoms with Gasteiger partial charge in [0, 0.05) is 24.7 Å². The molecule has 2 N–H and O–H groups in total. The molecule has 1 aliphatic rings. The van der Waals surface area contributed by atoms with Crippen LogP contribution in [0.15, 0.2) is 52.0 Å². The maximum atomic E-state index is 13.1. The molecule has 0 bridgehead atoms. The zero-order valence-electron chi connectivity index (χ0n) is 15.5. The van der Waals surface area contributed by atoms with Crippen molar-refractivity contribution < 1.29 is 27.2 Å². The van der Waals surface area contributed by atoms with Crippen LogP contribution in [-0.2, 0) is 24.2 Å². The van der Waals surface area contributed by atoms with Crippen LogP contribution in [0.1, 0.15) is 23.9 Å². The van der Waals surface area contributed by atoms with Crippen LogP contribution >= 0.6 is 11.6 Å². The number of sulfone groups is 1. The van der Waals surface area contributed by atoms with Crippen LogP contribution in [0.3, 0.4) is 0 Å². The lowest BCUT2D eigenvalue weighted by molar-refractivity contribution is -0.139. The molecule has 1 aromatic carbocycles. The van der Waals surface area contributed by atoms with Gasteiger partial charge >= 0.3 is 11.8 Å². The van der Waals surface area contributed by atoms with Gasteiger partial charge in [-0.3, -0.25) is 9.59 Å². The normalized spacial score (nSPS) is 17.6. The minimum Gasteiger partial charge on any atom is -0.468 e. The number of amides is 2. The van der Waals surface area contributed by atoms with Crippen LogP contribution in [0.5, 0.6) is 0 Å². The van der Waals surface area contributed by atoms with Crippen molar-refractivity contribution in [1.82, 2.24) is 10.6 Å². The Bertz CT molecular complexity index is 938. The van der Waals surface area contributed by atoms with E-state index in [1.54, 1.807) is 6.07 Å². The highest BCUT2D eigenvalue weighted by Gasteiger charge is 2.32.